The molecule has 0 radical (unpaired) electrons. The van der Waals surface area contributed by atoms with Crippen molar-refractivity contribution >= 4 is 11.8 Å². The van der Waals surface area contributed by atoms with Crippen LogP contribution in [0.2, 0.25) is 0 Å². The molecule has 4 nitrogen and oxygen atoms in total. The molecule has 0 aliphatic carbocycles. The first kappa shape index (κ1) is 17.2. The lowest BCUT2D eigenvalue weighted by atomic mass is 9.95. The Bertz CT molecular complexity index is 530. The van der Waals surface area contributed by atoms with Gasteiger partial charge in [-0.1, -0.05) is 44.5 Å². The van der Waals surface area contributed by atoms with E-state index in [9.17, 15) is 9.59 Å². The van der Waals surface area contributed by atoms with Gasteiger partial charge in [-0.15, -0.1) is 0 Å². The molecule has 1 atom stereocenters. The highest BCUT2D eigenvalue weighted by Gasteiger charge is 2.24. The average Bonchev–Trinajstić information content (AvgIpc) is 2.36. The molecular formula is C17H26N2O2. The van der Waals surface area contributed by atoms with Crippen molar-refractivity contribution in [3.63, 3.8) is 0 Å². The number of amides is 2. The molecule has 116 valence electrons. The Morgan fingerprint density at radius 2 is 1.81 bits per heavy atom. The molecule has 1 aromatic rings. The van der Waals surface area contributed by atoms with Crippen LogP contribution in [0, 0.1) is 19.3 Å². The van der Waals surface area contributed by atoms with Gasteiger partial charge in [-0.25, -0.2) is 0 Å². The number of rotatable bonds is 4. The molecular weight excluding hydrogens is 264 g/mol. The zero-order valence-electron chi connectivity index (χ0n) is 13.8. The number of aryl methyl sites for hydroxylation is 2. The lowest BCUT2D eigenvalue weighted by Crippen LogP contribution is -2.48. The largest absolute Gasteiger partial charge is 0.350 e. The predicted octanol–water partition coefficient (Wildman–Crippen LogP) is 2.47. The standard InChI is InChI=1S/C17H26N2O2/c1-11-7-8-14(12(2)9-11)10-18-15(20)13(3)19-16(21)17(4,5)6/h7-9,13H,10H2,1-6H3,(H,18,20)(H,19,21). The van der Waals surface area contributed by atoms with Crippen LogP contribution in [-0.2, 0) is 16.1 Å². The summed E-state index contributed by atoms with van der Waals surface area (Å²) in [6, 6.07) is 5.59. The minimum Gasteiger partial charge on any atom is -0.350 e. The highest BCUT2D eigenvalue weighted by Crippen LogP contribution is 2.13. The van der Waals surface area contributed by atoms with E-state index in [1.165, 1.54) is 5.56 Å². The van der Waals surface area contributed by atoms with Crippen LogP contribution in [0.3, 0.4) is 0 Å². The monoisotopic (exact) mass is 290 g/mol. The smallest absolute Gasteiger partial charge is 0.242 e. The third-order valence-electron chi connectivity index (χ3n) is 3.37. The number of benzene rings is 1. The Kier molecular flexibility index (Phi) is 5.53. The second-order valence-electron chi connectivity index (χ2n) is 6.59. The van der Waals surface area contributed by atoms with Crippen LogP contribution in [0.1, 0.15) is 44.4 Å². The van der Waals surface area contributed by atoms with Crippen LogP contribution >= 0.6 is 0 Å². The second-order valence-corrected chi connectivity index (χ2v) is 6.59. The van der Waals surface area contributed by atoms with E-state index >= 15 is 0 Å². The Balaban J connectivity index is 2.55. The van der Waals surface area contributed by atoms with Crippen molar-refractivity contribution in [2.75, 3.05) is 0 Å². The van der Waals surface area contributed by atoms with Gasteiger partial charge < -0.3 is 10.6 Å². The van der Waals surface area contributed by atoms with Crippen molar-refractivity contribution in [1.82, 2.24) is 10.6 Å². The minimum atomic E-state index is -0.539. The summed E-state index contributed by atoms with van der Waals surface area (Å²) in [4.78, 5) is 23.9. The summed E-state index contributed by atoms with van der Waals surface area (Å²) in [5, 5.41) is 5.59. The summed E-state index contributed by atoms with van der Waals surface area (Å²) in [5.74, 6) is -0.302. The highest BCUT2D eigenvalue weighted by atomic mass is 16.2. The van der Waals surface area contributed by atoms with E-state index in [4.69, 9.17) is 0 Å². The van der Waals surface area contributed by atoms with Crippen LogP contribution in [0.5, 0.6) is 0 Å². The summed E-state index contributed by atoms with van der Waals surface area (Å²) in [6.45, 7) is 11.7. The molecule has 1 aromatic carbocycles. The van der Waals surface area contributed by atoms with Gasteiger partial charge in [0.15, 0.2) is 0 Å². The summed E-state index contributed by atoms with van der Waals surface area (Å²) in [7, 11) is 0. The molecule has 0 aromatic heterocycles. The SMILES string of the molecule is Cc1ccc(CNC(=O)C(C)NC(=O)C(C)(C)C)c(C)c1. The van der Waals surface area contributed by atoms with Crippen LogP contribution in [0.25, 0.3) is 0 Å². The van der Waals surface area contributed by atoms with Crippen LogP contribution in [0.15, 0.2) is 18.2 Å². The lowest BCUT2D eigenvalue weighted by Gasteiger charge is -2.21. The molecule has 0 fully saturated rings. The predicted molar refractivity (Wildman–Crippen MR) is 84.8 cm³/mol. The molecule has 21 heavy (non-hydrogen) atoms. The van der Waals surface area contributed by atoms with Crippen LogP contribution in [0.4, 0.5) is 0 Å². The Morgan fingerprint density at radius 3 is 2.33 bits per heavy atom. The number of hydrogen-bond acceptors (Lipinski definition) is 2. The minimum absolute atomic E-state index is 0.128. The third-order valence-corrected chi connectivity index (χ3v) is 3.37. The van der Waals surface area contributed by atoms with E-state index in [0.717, 1.165) is 11.1 Å². The van der Waals surface area contributed by atoms with Gasteiger partial charge in [0.1, 0.15) is 6.04 Å². The molecule has 1 unspecified atom stereocenters. The fourth-order valence-electron chi connectivity index (χ4n) is 1.86. The van der Waals surface area contributed by atoms with Crippen molar-refractivity contribution in [1.29, 1.82) is 0 Å². The molecule has 0 heterocycles. The van der Waals surface area contributed by atoms with E-state index in [2.05, 4.69) is 16.7 Å². The fraction of sp³-hybridized carbons (Fsp3) is 0.529. The Hall–Kier alpha value is -1.84. The molecule has 0 saturated heterocycles. The van der Waals surface area contributed by atoms with Gasteiger partial charge >= 0.3 is 0 Å². The first-order chi connectivity index (χ1) is 9.61. The molecule has 0 aliphatic rings. The maximum atomic E-state index is 12.0. The quantitative estimate of drug-likeness (QED) is 0.895. The maximum Gasteiger partial charge on any atom is 0.242 e. The van der Waals surface area contributed by atoms with Crippen molar-refractivity contribution in [2.45, 2.75) is 54.1 Å². The molecule has 0 spiro atoms. The summed E-state index contributed by atoms with van der Waals surface area (Å²) >= 11 is 0. The van der Waals surface area contributed by atoms with Gasteiger partial charge in [-0.3, -0.25) is 9.59 Å². The van der Waals surface area contributed by atoms with Crippen LogP contribution in [-0.4, -0.2) is 17.9 Å². The van der Waals surface area contributed by atoms with E-state index in [1.807, 2.05) is 46.8 Å². The van der Waals surface area contributed by atoms with Gasteiger partial charge in [-0.05, 0) is 31.9 Å². The number of carbonyl (C=O) groups is 2. The lowest BCUT2D eigenvalue weighted by molar-refractivity contribution is -0.133. The molecule has 2 N–H and O–H groups in total. The van der Waals surface area contributed by atoms with Gasteiger partial charge in [0, 0.05) is 12.0 Å². The zero-order valence-corrected chi connectivity index (χ0v) is 13.8. The first-order valence-corrected chi connectivity index (χ1v) is 7.26. The molecule has 0 saturated carbocycles. The van der Waals surface area contributed by atoms with E-state index in [1.54, 1.807) is 6.92 Å². The van der Waals surface area contributed by atoms with Crippen molar-refractivity contribution in [3.05, 3.63) is 34.9 Å². The summed E-state index contributed by atoms with van der Waals surface area (Å²) < 4.78 is 0. The van der Waals surface area contributed by atoms with E-state index in [0.29, 0.717) is 6.54 Å². The first-order valence-electron chi connectivity index (χ1n) is 7.26. The van der Waals surface area contributed by atoms with Gasteiger partial charge in [0.05, 0.1) is 0 Å². The van der Waals surface area contributed by atoms with E-state index in [-0.39, 0.29) is 11.8 Å². The summed E-state index contributed by atoms with van der Waals surface area (Å²) in [5.41, 5.74) is 2.94. The topological polar surface area (TPSA) is 58.2 Å². The molecule has 1 rings (SSSR count). The Morgan fingerprint density at radius 1 is 1.19 bits per heavy atom. The Labute approximate surface area is 127 Å². The van der Waals surface area contributed by atoms with E-state index < -0.39 is 11.5 Å². The summed E-state index contributed by atoms with van der Waals surface area (Å²) in [6.07, 6.45) is 0. The molecule has 0 aliphatic heterocycles. The maximum absolute atomic E-state index is 12.0. The number of hydrogen-bond donors (Lipinski definition) is 2. The van der Waals surface area contributed by atoms with Gasteiger partial charge in [-0.2, -0.15) is 0 Å². The van der Waals surface area contributed by atoms with Crippen LogP contribution < -0.4 is 10.6 Å². The zero-order chi connectivity index (χ0) is 16.2. The van der Waals surface area contributed by atoms with Gasteiger partial charge in [0.2, 0.25) is 11.8 Å². The van der Waals surface area contributed by atoms with Crippen molar-refractivity contribution in [3.8, 4) is 0 Å². The average molecular weight is 290 g/mol. The van der Waals surface area contributed by atoms with Gasteiger partial charge in [0.25, 0.3) is 0 Å². The third kappa shape index (κ3) is 5.21. The number of nitrogens with one attached hydrogen (secondary N) is 2. The molecule has 0 bridgehead atoms. The van der Waals surface area contributed by atoms with Crippen molar-refractivity contribution in [2.24, 2.45) is 5.41 Å². The highest BCUT2D eigenvalue weighted by molar-refractivity contribution is 5.89. The normalized spacial score (nSPS) is 12.7. The van der Waals surface area contributed by atoms with Crippen molar-refractivity contribution < 1.29 is 9.59 Å². The fourth-order valence-corrected chi connectivity index (χ4v) is 1.86. The molecule has 4 heteroatoms. The number of carbonyl (C=O) groups excluding carboxylic acids is 2. The molecule has 2 amide bonds. The second kappa shape index (κ2) is 6.74.